The van der Waals surface area contributed by atoms with E-state index in [0.717, 1.165) is 17.5 Å². The molecule has 4 rings (SSSR count). The Morgan fingerprint density at radius 1 is 1.09 bits per heavy atom. The molecule has 1 aliphatic rings. The first-order chi connectivity index (χ1) is 15.5. The zero-order valence-corrected chi connectivity index (χ0v) is 20.0. The Morgan fingerprint density at radius 2 is 1.79 bits per heavy atom. The molecule has 0 saturated carbocycles. The highest BCUT2D eigenvalue weighted by atomic mass is 32.2. The van der Waals surface area contributed by atoms with Gasteiger partial charge in [-0.05, 0) is 61.1 Å². The Balaban J connectivity index is 1.66. The lowest BCUT2D eigenvalue weighted by atomic mass is 9.94. The molecule has 33 heavy (non-hydrogen) atoms. The molecular weight excluding hydrogens is 446 g/mol. The van der Waals surface area contributed by atoms with E-state index in [2.05, 4.69) is 15.3 Å². The van der Waals surface area contributed by atoms with Gasteiger partial charge in [0.15, 0.2) is 0 Å². The van der Waals surface area contributed by atoms with Gasteiger partial charge in [0, 0.05) is 35.8 Å². The van der Waals surface area contributed by atoms with Gasteiger partial charge >= 0.3 is 0 Å². The van der Waals surface area contributed by atoms with Gasteiger partial charge in [0.1, 0.15) is 23.0 Å². The van der Waals surface area contributed by atoms with Crippen molar-refractivity contribution in [3.8, 4) is 11.1 Å². The molecule has 0 bridgehead atoms. The van der Waals surface area contributed by atoms with Crippen molar-refractivity contribution in [1.29, 1.82) is 0 Å². The third kappa shape index (κ3) is 4.99. The number of benzene rings is 1. The molecule has 2 aromatic heterocycles. The normalized spacial score (nSPS) is 16.0. The highest BCUT2D eigenvalue weighted by Crippen LogP contribution is 2.33. The van der Waals surface area contributed by atoms with Gasteiger partial charge in [0.2, 0.25) is 10.0 Å². The first kappa shape index (κ1) is 23.5. The monoisotopic (exact) mass is 474 g/mol. The van der Waals surface area contributed by atoms with Crippen molar-refractivity contribution in [2.75, 3.05) is 24.7 Å². The van der Waals surface area contributed by atoms with E-state index < -0.39 is 21.7 Å². The summed E-state index contributed by atoms with van der Waals surface area (Å²) < 4.78 is 54.7. The van der Waals surface area contributed by atoms with Crippen molar-refractivity contribution in [1.82, 2.24) is 14.3 Å². The van der Waals surface area contributed by atoms with E-state index in [9.17, 15) is 12.8 Å². The molecule has 3 heterocycles. The van der Waals surface area contributed by atoms with Crippen molar-refractivity contribution in [3.05, 3.63) is 53.4 Å². The minimum absolute atomic E-state index is 0.0156. The number of rotatable bonds is 5. The third-order valence-electron chi connectivity index (χ3n) is 6.09. The minimum atomic E-state index is -3.21. The number of nitrogens with zero attached hydrogens (tertiary/aromatic N) is 3. The predicted octanol–water partition coefficient (Wildman–Crippen LogP) is 4.84. The largest absolute Gasteiger partial charge is 0.367 e. The predicted molar refractivity (Wildman–Crippen MR) is 127 cm³/mol. The first-order valence-electron chi connectivity index (χ1n) is 11.0. The van der Waals surface area contributed by atoms with E-state index in [0.29, 0.717) is 42.7 Å². The molecule has 0 amide bonds. The molecule has 9 heteroatoms. The zero-order chi connectivity index (χ0) is 23.9. The fraction of sp³-hybridized carbons (Fsp3) is 0.417. The summed E-state index contributed by atoms with van der Waals surface area (Å²) in [6.07, 6.45) is 3.57. The van der Waals surface area contributed by atoms with Gasteiger partial charge in [-0.3, -0.25) is 4.98 Å². The number of aromatic nitrogens is 2. The van der Waals surface area contributed by atoms with Crippen molar-refractivity contribution in [3.63, 3.8) is 0 Å². The molecule has 1 saturated heterocycles. The van der Waals surface area contributed by atoms with Crippen LogP contribution in [0.3, 0.4) is 0 Å². The second-order valence-electron chi connectivity index (χ2n) is 8.99. The molecule has 1 aliphatic heterocycles. The Labute approximate surface area is 193 Å². The summed E-state index contributed by atoms with van der Waals surface area (Å²) in [6, 6.07) is 6.63. The van der Waals surface area contributed by atoms with Crippen LogP contribution in [0.15, 0.2) is 30.5 Å². The molecule has 3 aromatic rings. The van der Waals surface area contributed by atoms with Gasteiger partial charge in [0.25, 0.3) is 0 Å². The summed E-state index contributed by atoms with van der Waals surface area (Å²) in [7, 11) is -3.21. The van der Waals surface area contributed by atoms with Crippen LogP contribution in [-0.4, -0.2) is 48.1 Å². The summed E-state index contributed by atoms with van der Waals surface area (Å²) in [5, 5.41) is 3.94. The van der Waals surface area contributed by atoms with E-state index in [1.54, 1.807) is 12.1 Å². The van der Waals surface area contributed by atoms with Gasteiger partial charge in [-0.15, -0.1) is 0 Å². The summed E-state index contributed by atoms with van der Waals surface area (Å²) >= 11 is 0. The zero-order valence-electron chi connectivity index (χ0n) is 19.2. The van der Waals surface area contributed by atoms with Gasteiger partial charge < -0.3 is 5.32 Å². The van der Waals surface area contributed by atoms with Crippen LogP contribution in [0, 0.1) is 18.6 Å². The van der Waals surface area contributed by atoms with E-state index in [1.807, 2.05) is 26.8 Å². The smallest absolute Gasteiger partial charge is 0.211 e. The Hall–Kier alpha value is -2.65. The molecule has 0 spiro atoms. The topological polar surface area (TPSA) is 75.2 Å². The SMILES string of the molecule is Cc1cc(C(C)C)c2cc(-c3cc(NC4CCN(S(C)(=O)=O)CC4)ncc3F)cc(F)c2n1. The minimum Gasteiger partial charge on any atom is -0.367 e. The molecule has 0 atom stereocenters. The van der Waals surface area contributed by atoms with Gasteiger partial charge in [-0.1, -0.05) is 13.8 Å². The van der Waals surface area contributed by atoms with Crippen molar-refractivity contribution in [2.45, 2.75) is 45.6 Å². The molecule has 0 radical (unpaired) electrons. The standard InChI is InChI=1S/C24H28F2N4O2S/c1-14(2)18-9-15(3)28-24-20(18)10-16(11-21(24)25)19-12-23(27-13-22(19)26)29-17-5-7-30(8-6-17)33(4,31)32/h9-14,17H,5-8H2,1-4H3,(H,27,29). The maximum Gasteiger partial charge on any atom is 0.211 e. The average Bonchev–Trinajstić information content (AvgIpc) is 2.74. The maximum absolute atomic E-state index is 15.0. The first-order valence-corrected chi connectivity index (χ1v) is 12.9. The molecule has 176 valence electrons. The number of hydrogen-bond acceptors (Lipinski definition) is 5. The van der Waals surface area contributed by atoms with Gasteiger partial charge in [-0.2, -0.15) is 0 Å². The van der Waals surface area contributed by atoms with Gasteiger partial charge in [0.05, 0.1) is 12.5 Å². The number of halogens is 2. The maximum atomic E-state index is 15.0. The van der Waals surface area contributed by atoms with Crippen LogP contribution in [0.2, 0.25) is 0 Å². The van der Waals surface area contributed by atoms with Gasteiger partial charge in [-0.25, -0.2) is 26.5 Å². The van der Waals surface area contributed by atoms with Crippen LogP contribution in [0.25, 0.3) is 22.0 Å². The van der Waals surface area contributed by atoms with Crippen LogP contribution in [0.5, 0.6) is 0 Å². The molecule has 1 N–H and O–H groups in total. The molecule has 6 nitrogen and oxygen atoms in total. The molecule has 0 unspecified atom stereocenters. The number of aryl methyl sites for hydroxylation is 1. The van der Waals surface area contributed by atoms with Crippen LogP contribution in [0.4, 0.5) is 14.6 Å². The second-order valence-corrected chi connectivity index (χ2v) is 11.0. The third-order valence-corrected chi connectivity index (χ3v) is 7.39. The summed E-state index contributed by atoms with van der Waals surface area (Å²) in [4.78, 5) is 8.50. The number of piperidine rings is 1. The Morgan fingerprint density at radius 3 is 2.42 bits per heavy atom. The van der Waals surface area contributed by atoms with E-state index >= 15 is 4.39 Å². The summed E-state index contributed by atoms with van der Waals surface area (Å²) in [6.45, 7) is 6.74. The number of pyridine rings is 2. The Bertz CT molecular complexity index is 1300. The molecule has 0 aliphatic carbocycles. The second kappa shape index (κ2) is 8.95. The van der Waals surface area contributed by atoms with Crippen molar-refractivity contribution in [2.24, 2.45) is 0 Å². The van der Waals surface area contributed by atoms with E-state index in [-0.39, 0.29) is 23.0 Å². The van der Waals surface area contributed by atoms with Crippen LogP contribution >= 0.6 is 0 Å². The number of fused-ring (bicyclic) bond motifs is 1. The lowest BCUT2D eigenvalue weighted by Crippen LogP contribution is -2.41. The van der Waals surface area contributed by atoms with Crippen LogP contribution < -0.4 is 5.32 Å². The van der Waals surface area contributed by atoms with Crippen LogP contribution in [-0.2, 0) is 10.0 Å². The van der Waals surface area contributed by atoms with Crippen LogP contribution in [0.1, 0.15) is 43.9 Å². The molecule has 1 fully saturated rings. The van der Waals surface area contributed by atoms with E-state index in [1.165, 1.54) is 16.6 Å². The lowest BCUT2D eigenvalue weighted by molar-refractivity contribution is 0.331. The summed E-state index contributed by atoms with van der Waals surface area (Å²) in [5.74, 6) is -0.415. The van der Waals surface area contributed by atoms with Crippen molar-refractivity contribution < 1.29 is 17.2 Å². The fourth-order valence-electron chi connectivity index (χ4n) is 4.36. The quantitative estimate of drug-likeness (QED) is 0.573. The average molecular weight is 475 g/mol. The molecule has 1 aromatic carbocycles. The summed E-state index contributed by atoms with van der Waals surface area (Å²) in [5.41, 5.74) is 2.65. The number of anilines is 1. The number of sulfonamides is 1. The van der Waals surface area contributed by atoms with E-state index in [4.69, 9.17) is 0 Å². The highest BCUT2D eigenvalue weighted by molar-refractivity contribution is 7.88. The lowest BCUT2D eigenvalue weighted by Gasteiger charge is -2.31. The Kier molecular flexibility index (Phi) is 6.37. The highest BCUT2D eigenvalue weighted by Gasteiger charge is 2.25. The number of nitrogens with one attached hydrogen (secondary N) is 1. The molecular formula is C24H28F2N4O2S. The number of hydrogen-bond donors (Lipinski definition) is 1. The fourth-order valence-corrected chi connectivity index (χ4v) is 5.23. The van der Waals surface area contributed by atoms with Crippen molar-refractivity contribution >= 4 is 26.7 Å².